The lowest BCUT2D eigenvalue weighted by molar-refractivity contribution is -0.0169. The first-order valence-electron chi connectivity index (χ1n) is 7.54. The number of ether oxygens (including phenoxy) is 3. The van der Waals surface area contributed by atoms with Crippen LogP contribution in [0.15, 0.2) is 22.7 Å². The molecule has 3 rings (SSSR count). The van der Waals surface area contributed by atoms with Gasteiger partial charge in [0.2, 0.25) is 5.89 Å². The zero-order chi connectivity index (χ0) is 16.2. The molecule has 7 nitrogen and oxygen atoms in total. The Morgan fingerprint density at radius 2 is 2.17 bits per heavy atom. The van der Waals surface area contributed by atoms with Crippen LogP contribution in [-0.2, 0) is 11.3 Å². The molecule has 0 amide bonds. The molecule has 1 unspecified atom stereocenters. The average molecular weight is 319 g/mol. The Hall–Kier alpha value is -2.12. The first-order chi connectivity index (χ1) is 11.2. The van der Waals surface area contributed by atoms with Gasteiger partial charge >= 0.3 is 0 Å². The molecule has 23 heavy (non-hydrogen) atoms. The monoisotopic (exact) mass is 319 g/mol. The molecule has 1 atom stereocenters. The zero-order valence-electron chi connectivity index (χ0n) is 13.6. The summed E-state index contributed by atoms with van der Waals surface area (Å²) in [6.45, 7) is 4.50. The largest absolute Gasteiger partial charge is 0.497 e. The number of nitrogens with zero attached hydrogens (tertiary/aromatic N) is 3. The second-order valence-corrected chi connectivity index (χ2v) is 5.41. The molecule has 1 fully saturated rings. The minimum atomic E-state index is -0.0305. The molecule has 0 spiro atoms. The summed E-state index contributed by atoms with van der Waals surface area (Å²) in [5, 5.41) is 4.04. The lowest BCUT2D eigenvalue weighted by Gasteiger charge is -2.33. The number of methoxy groups -OCH3 is 2. The first kappa shape index (κ1) is 15.8. The smallest absolute Gasteiger partial charge is 0.223 e. The van der Waals surface area contributed by atoms with Crippen LogP contribution in [0.5, 0.6) is 11.5 Å². The van der Waals surface area contributed by atoms with E-state index in [2.05, 4.69) is 15.0 Å². The number of aryl methyl sites for hydroxylation is 1. The van der Waals surface area contributed by atoms with Crippen LogP contribution < -0.4 is 9.47 Å². The molecule has 2 heterocycles. The number of hydrogen-bond acceptors (Lipinski definition) is 7. The molecule has 1 aliphatic heterocycles. The van der Waals surface area contributed by atoms with Gasteiger partial charge in [-0.2, -0.15) is 4.98 Å². The van der Waals surface area contributed by atoms with Gasteiger partial charge in [0.05, 0.1) is 33.5 Å². The summed E-state index contributed by atoms with van der Waals surface area (Å²) >= 11 is 0. The van der Waals surface area contributed by atoms with Gasteiger partial charge < -0.3 is 18.7 Å². The third-order valence-corrected chi connectivity index (χ3v) is 3.94. The fraction of sp³-hybridized carbons (Fsp3) is 0.500. The minimum absolute atomic E-state index is 0.0305. The van der Waals surface area contributed by atoms with Crippen molar-refractivity contribution in [1.82, 2.24) is 15.0 Å². The summed E-state index contributed by atoms with van der Waals surface area (Å²) < 4.78 is 21.5. The van der Waals surface area contributed by atoms with E-state index in [1.807, 2.05) is 18.2 Å². The maximum atomic E-state index is 5.60. The molecule has 2 aromatic rings. The van der Waals surface area contributed by atoms with Crippen molar-refractivity contribution in [1.29, 1.82) is 0 Å². The van der Waals surface area contributed by atoms with Crippen LogP contribution in [0.3, 0.4) is 0 Å². The van der Waals surface area contributed by atoms with E-state index in [4.69, 9.17) is 18.7 Å². The van der Waals surface area contributed by atoms with Crippen molar-refractivity contribution in [2.45, 2.75) is 19.5 Å². The van der Waals surface area contributed by atoms with E-state index in [1.165, 1.54) is 0 Å². The lowest BCUT2D eigenvalue weighted by Crippen LogP contribution is -2.39. The summed E-state index contributed by atoms with van der Waals surface area (Å²) in [7, 11) is 3.33. The molecule has 124 valence electrons. The number of benzene rings is 1. The van der Waals surface area contributed by atoms with Crippen molar-refractivity contribution in [3.05, 3.63) is 35.5 Å². The molecular formula is C16H21N3O4. The highest BCUT2D eigenvalue weighted by atomic mass is 16.5. The van der Waals surface area contributed by atoms with E-state index in [9.17, 15) is 0 Å². The predicted molar refractivity (Wildman–Crippen MR) is 82.6 cm³/mol. The van der Waals surface area contributed by atoms with E-state index < -0.39 is 0 Å². The number of morpholine rings is 1. The van der Waals surface area contributed by atoms with Crippen molar-refractivity contribution in [3.63, 3.8) is 0 Å². The molecule has 0 N–H and O–H groups in total. The Morgan fingerprint density at radius 3 is 2.87 bits per heavy atom. The van der Waals surface area contributed by atoms with Gasteiger partial charge in [0.25, 0.3) is 0 Å². The lowest BCUT2D eigenvalue weighted by atomic mass is 10.1. The van der Waals surface area contributed by atoms with Crippen molar-refractivity contribution < 1.29 is 18.7 Å². The van der Waals surface area contributed by atoms with Crippen molar-refractivity contribution in [3.8, 4) is 11.5 Å². The summed E-state index contributed by atoms with van der Waals surface area (Å²) in [5.41, 5.74) is 1.05. The normalized spacial score (nSPS) is 18.8. The highest BCUT2D eigenvalue weighted by molar-refractivity contribution is 5.40. The van der Waals surface area contributed by atoms with Gasteiger partial charge in [0, 0.05) is 25.6 Å². The summed E-state index contributed by atoms with van der Waals surface area (Å²) in [4.78, 5) is 6.62. The Balaban J connectivity index is 1.84. The fourth-order valence-corrected chi connectivity index (χ4v) is 2.74. The summed E-state index contributed by atoms with van der Waals surface area (Å²) in [5.74, 6) is 2.86. The Morgan fingerprint density at radius 1 is 1.30 bits per heavy atom. The SMILES string of the molecule is COc1ccc(OC)c(CN2CCOCC2c2noc(C)n2)c1. The third kappa shape index (κ3) is 3.46. The molecule has 0 saturated carbocycles. The minimum Gasteiger partial charge on any atom is -0.497 e. The molecule has 1 aromatic heterocycles. The van der Waals surface area contributed by atoms with E-state index in [-0.39, 0.29) is 6.04 Å². The molecule has 1 saturated heterocycles. The Labute approximate surface area is 135 Å². The zero-order valence-corrected chi connectivity index (χ0v) is 13.6. The van der Waals surface area contributed by atoms with Crippen molar-refractivity contribution >= 4 is 0 Å². The molecule has 1 aromatic carbocycles. The molecule has 0 radical (unpaired) electrons. The van der Waals surface area contributed by atoms with Crippen molar-refractivity contribution in [2.24, 2.45) is 0 Å². The van der Waals surface area contributed by atoms with Gasteiger partial charge in [-0.15, -0.1) is 0 Å². The van der Waals surface area contributed by atoms with Crippen LogP contribution in [-0.4, -0.2) is 49.0 Å². The highest BCUT2D eigenvalue weighted by Gasteiger charge is 2.29. The first-order valence-corrected chi connectivity index (χ1v) is 7.54. The third-order valence-electron chi connectivity index (χ3n) is 3.94. The van der Waals surface area contributed by atoms with Gasteiger partial charge in [-0.3, -0.25) is 4.90 Å². The standard InChI is InChI=1S/C16H21N3O4/c1-11-17-16(18-23-11)14-10-22-7-6-19(14)9-12-8-13(20-2)4-5-15(12)21-3/h4-5,8,14H,6-7,9-10H2,1-3H3. The molecule has 0 bridgehead atoms. The van der Waals surface area contributed by atoms with Crippen LogP contribution in [0.1, 0.15) is 23.3 Å². The Bertz CT molecular complexity index is 659. The Kier molecular flexibility index (Phi) is 4.78. The maximum Gasteiger partial charge on any atom is 0.223 e. The van der Waals surface area contributed by atoms with Gasteiger partial charge in [-0.05, 0) is 18.2 Å². The van der Waals surface area contributed by atoms with E-state index >= 15 is 0 Å². The second kappa shape index (κ2) is 6.97. The number of hydrogen-bond donors (Lipinski definition) is 0. The molecule has 7 heteroatoms. The second-order valence-electron chi connectivity index (χ2n) is 5.41. The van der Waals surface area contributed by atoms with Crippen molar-refractivity contribution in [2.75, 3.05) is 34.0 Å². The van der Waals surface area contributed by atoms with E-state index in [1.54, 1.807) is 21.1 Å². The van der Waals surface area contributed by atoms with Gasteiger partial charge in [0.1, 0.15) is 11.5 Å². The molecule has 0 aliphatic carbocycles. The quantitative estimate of drug-likeness (QED) is 0.834. The molecule has 1 aliphatic rings. The predicted octanol–water partition coefficient (Wildman–Crippen LogP) is 1.97. The van der Waals surface area contributed by atoms with Crippen LogP contribution in [0.2, 0.25) is 0 Å². The van der Waals surface area contributed by atoms with Crippen LogP contribution in [0.25, 0.3) is 0 Å². The van der Waals surface area contributed by atoms with Gasteiger partial charge in [0.15, 0.2) is 5.82 Å². The topological polar surface area (TPSA) is 69.9 Å². The highest BCUT2D eigenvalue weighted by Crippen LogP contribution is 2.29. The number of rotatable bonds is 5. The summed E-state index contributed by atoms with van der Waals surface area (Å²) in [6, 6.07) is 5.77. The number of aromatic nitrogens is 2. The van der Waals surface area contributed by atoms with Crippen LogP contribution in [0, 0.1) is 6.92 Å². The van der Waals surface area contributed by atoms with Gasteiger partial charge in [-0.1, -0.05) is 5.16 Å². The maximum absolute atomic E-state index is 5.60. The van der Waals surface area contributed by atoms with E-state index in [0.717, 1.165) is 23.6 Å². The summed E-state index contributed by atoms with van der Waals surface area (Å²) in [6.07, 6.45) is 0. The average Bonchev–Trinajstić information content (AvgIpc) is 3.01. The van der Waals surface area contributed by atoms with E-state index in [0.29, 0.717) is 31.5 Å². The van der Waals surface area contributed by atoms with Crippen LogP contribution >= 0.6 is 0 Å². The molecular weight excluding hydrogens is 298 g/mol. The van der Waals surface area contributed by atoms with Gasteiger partial charge in [-0.25, -0.2) is 0 Å². The fourth-order valence-electron chi connectivity index (χ4n) is 2.74. The van der Waals surface area contributed by atoms with Crippen LogP contribution in [0.4, 0.5) is 0 Å².